The highest BCUT2D eigenvalue weighted by molar-refractivity contribution is 5.76. The Kier molecular flexibility index (Phi) is 4.33. The molecule has 0 saturated heterocycles. The average Bonchev–Trinajstić information content (AvgIpc) is 3.04. The molecule has 0 fully saturated rings. The summed E-state index contributed by atoms with van der Waals surface area (Å²) in [5.41, 5.74) is 2.04. The molecule has 0 aliphatic rings. The van der Waals surface area contributed by atoms with Gasteiger partial charge in [0.1, 0.15) is 5.82 Å². The van der Waals surface area contributed by atoms with Crippen molar-refractivity contribution in [2.24, 2.45) is 0 Å². The zero-order chi connectivity index (χ0) is 13.7. The van der Waals surface area contributed by atoms with Gasteiger partial charge in [-0.15, -0.1) is 0 Å². The lowest BCUT2D eigenvalue weighted by atomic mass is 10.1. The van der Waals surface area contributed by atoms with E-state index in [4.69, 9.17) is 0 Å². The SMILES string of the molecule is CCC(NC(=O)CCc1cn[nH]c1)c1ncc(C)[nH]1. The number of amides is 1. The minimum Gasteiger partial charge on any atom is -0.346 e. The Morgan fingerprint density at radius 1 is 1.47 bits per heavy atom. The summed E-state index contributed by atoms with van der Waals surface area (Å²) in [6, 6.07) is -0.0504. The third kappa shape index (κ3) is 3.67. The normalized spacial score (nSPS) is 12.3. The molecule has 0 aliphatic heterocycles. The number of H-pyrrole nitrogens is 2. The molecule has 2 aromatic rings. The molecule has 102 valence electrons. The first-order valence-corrected chi connectivity index (χ1v) is 6.47. The van der Waals surface area contributed by atoms with Gasteiger partial charge in [-0.25, -0.2) is 4.98 Å². The van der Waals surface area contributed by atoms with Crippen molar-refractivity contribution in [3.05, 3.63) is 35.7 Å². The van der Waals surface area contributed by atoms with E-state index in [0.29, 0.717) is 12.8 Å². The van der Waals surface area contributed by atoms with Gasteiger partial charge in [-0.3, -0.25) is 9.89 Å². The van der Waals surface area contributed by atoms with Crippen LogP contribution in [-0.2, 0) is 11.2 Å². The lowest BCUT2D eigenvalue weighted by molar-refractivity contribution is -0.121. The molecule has 1 unspecified atom stereocenters. The van der Waals surface area contributed by atoms with Gasteiger partial charge in [0, 0.05) is 24.5 Å². The van der Waals surface area contributed by atoms with E-state index in [1.807, 2.05) is 13.8 Å². The number of nitrogens with zero attached hydrogens (tertiary/aromatic N) is 2. The van der Waals surface area contributed by atoms with Crippen LogP contribution in [0.15, 0.2) is 18.6 Å². The molecule has 19 heavy (non-hydrogen) atoms. The van der Waals surface area contributed by atoms with Crippen LogP contribution in [0, 0.1) is 6.92 Å². The van der Waals surface area contributed by atoms with Gasteiger partial charge in [0.25, 0.3) is 0 Å². The highest BCUT2D eigenvalue weighted by Crippen LogP contribution is 2.13. The summed E-state index contributed by atoms with van der Waals surface area (Å²) in [5, 5.41) is 9.59. The lowest BCUT2D eigenvalue weighted by Gasteiger charge is -2.14. The fraction of sp³-hybridized carbons (Fsp3) is 0.462. The van der Waals surface area contributed by atoms with Crippen LogP contribution >= 0.6 is 0 Å². The zero-order valence-corrected chi connectivity index (χ0v) is 11.2. The van der Waals surface area contributed by atoms with Crippen molar-refractivity contribution >= 4 is 5.91 Å². The molecule has 6 nitrogen and oxygen atoms in total. The van der Waals surface area contributed by atoms with Crippen LogP contribution in [0.1, 0.15) is 42.9 Å². The maximum atomic E-state index is 11.9. The van der Waals surface area contributed by atoms with E-state index in [1.54, 1.807) is 18.6 Å². The molecule has 0 bridgehead atoms. The smallest absolute Gasteiger partial charge is 0.220 e. The first kappa shape index (κ1) is 13.3. The zero-order valence-electron chi connectivity index (χ0n) is 11.2. The highest BCUT2D eigenvalue weighted by atomic mass is 16.1. The molecule has 6 heteroatoms. The van der Waals surface area contributed by atoms with Crippen molar-refractivity contribution < 1.29 is 4.79 Å². The molecule has 0 aliphatic carbocycles. The van der Waals surface area contributed by atoms with Gasteiger partial charge < -0.3 is 10.3 Å². The Hall–Kier alpha value is -2.11. The molecule has 0 saturated carbocycles. The van der Waals surface area contributed by atoms with Crippen molar-refractivity contribution in [2.75, 3.05) is 0 Å². The molecule has 0 spiro atoms. The van der Waals surface area contributed by atoms with Gasteiger partial charge in [0.2, 0.25) is 5.91 Å². The minimum atomic E-state index is -0.0504. The number of aryl methyl sites for hydroxylation is 2. The van der Waals surface area contributed by atoms with E-state index in [1.165, 1.54) is 0 Å². The van der Waals surface area contributed by atoms with Gasteiger partial charge in [0.05, 0.1) is 12.2 Å². The van der Waals surface area contributed by atoms with Crippen molar-refractivity contribution in [1.82, 2.24) is 25.5 Å². The van der Waals surface area contributed by atoms with E-state index in [9.17, 15) is 4.79 Å². The predicted molar refractivity (Wildman–Crippen MR) is 71.4 cm³/mol. The Labute approximate surface area is 112 Å². The van der Waals surface area contributed by atoms with Crippen LogP contribution in [0.3, 0.4) is 0 Å². The second-order valence-electron chi connectivity index (χ2n) is 4.59. The molecule has 2 aromatic heterocycles. The first-order valence-electron chi connectivity index (χ1n) is 6.47. The topological polar surface area (TPSA) is 86.5 Å². The van der Waals surface area contributed by atoms with Gasteiger partial charge in [-0.1, -0.05) is 6.92 Å². The molecule has 0 radical (unpaired) electrons. The number of hydrogen-bond acceptors (Lipinski definition) is 3. The molecule has 2 heterocycles. The van der Waals surface area contributed by atoms with Gasteiger partial charge in [0.15, 0.2) is 0 Å². The Bertz CT molecular complexity index is 517. The fourth-order valence-electron chi connectivity index (χ4n) is 1.91. The summed E-state index contributed by atoms with van der Waals surface area (Å²) in [7, 11) is 0. The number of carbonyl (C=O) groups is 1. The van der Waals surface area contributed by atoms with Gasteiger partial charge >= 0.3 is 0 Å². The molecule has 0 aromatic carbocycles. The number of aromatic amines is 2. The van der Waals surface area contributed by atoms with E-state index in [0.717, 1.165) is 23.5 Å². The monoisotopic (exact) mass is 261 g/mol. The average molecular weight is 261 g/mol. The van der Waals surface area contributed by atoms with Gasteiger partial charge in [-0.2, -0.15) is 5.10 Å². The molecule has 3 N–H and O–H groups in total. The van der Waals surface area contributed by atoms with Crippen LogP contribution in [0.4, 0.5) is 0 Å². The lowest BCUT2D eigenvalue weighted by Crippen LogP contribution is -2.29. The summed E-state index contributed by atoms with van der Waals surface area (Å²) in [4.78, 5) is 19.3. The van der Waals surface area contributed by atoms with E-state index < -0.39 is 0 Å². The van der Waals surface area contributed by atoms with Crippen molar-refractivity contribution in [3.8, 4) is 0 Å². The van der Waals surface area contributed by atoms with Crippen LogP contribution in [-0.4, -0.2) is 26.1 Å². The Morgan fingerprint density at radius 2 is 2.32 bits per heavy atom. The van der Waals surface area contributed by atoms with E-state index in [2.05, 4.69) is 25.5 Å². The standard InChI is InChI=1S/C13H19N5O/c1-3-11(13-14-6-9(2)17-13)18-12(19)5-4-10-7-15-16-8-10/h6-8,11H,3-5H2,1-2H3,(H,14,17)(H,15,16)(H,18,19). The summed E-state index contributed by atoms with van der Waals surface area (Å²) in [6.45, 7) is 3.98. The molecule has 2 rings (SSSR count). The Balaban J connectivity index is 1.86. The van der Waals surface area contributed by atoms with Crippen molar-refractivity contribution in [2.45, 2.75) is 39.2 Å². The summed E-state index contributed by atoms with van der Waals surface area (Å²) in [6.07, 6.45) is 7.27. The maximum Gasteiger partial charge on any atom is 0.220 e. The van der Waals surface area contributed by atoms with Crippen LogP contribution in [0.25, 0.3) is 0 Å². The number of rotatable bonds is 6. The fourth-order valence-corrected chi connectivity index (χ4v) is 1.91. The van der Waals surface area contributed by atoms with E-state index in [-0.39, 0.29) is 11.9 Å². The number of carbonyl (C=O) groups excluding carboxylic acids is 1. The number of hydrogen-bond donors (Lipinski definition) is 3. The minimum absolute atomic E-state index is 0.0297. The number of nitrogens with one attached hydrogen (secondary N) is 3. The quantitative estimate of drug-likeness (QED) is 0.738. The third-order valence-electron chi connectivity index (χ3n) is 2.99. The van der Waals surface area contributed by atoms with Gasteiger partial charge in [-0.05, 0) is 25.3 Å². The number of imidazole rings is 1. The molecular weight excluding hydrogens is 242 g/mol. The highest BCUT2D eigenvalue weighted by Gasteiger charge is 2.15. The molecule has 1 amide bonds. The Morgan fingerprint density at radius 3 is 2.89 bits per heavy atom. The predicted octanol–water partition coefficient (Wildman–Crippen LogP) is 1.64. The summed E-state index contributed by atoms with van der Waals surface area (Å²) >= 11 is 0. The summed E-state index contributed by atoms with van der Waals surface area (Å²) in [5.74, 6) is 0.846. The van der Waals surface area contributed by atoms with E-state index >= 15 is 0 Å². The van der Waals surface area contributed by atoms with Crippen LogP contribution in [0.5, 0.6) is 0 Å². The maximum absolute atomic E-state index is 11.9. The van der Waals surface area contributed by atoms with Crippen molar-refractivity contribution in [3.63, 3.8) is 0 Å². The molecular formula is C13H19N5O. The summed E-state index contributed by atoms with van der Waals surface area (Å²) < 4.78 is 0. The second-order valence-corrected chi connectivity index (χ2v) is 4.59. The number of aromatic nitrogens is 4. The third-order valence-corrected chi connectivity index (χ3v) is 2.99. The largest absolute Gasteiger partial charge is 0.346 e. The second kappa shape index (κ2) is 6.17. The first-order chi connectivity index (χ1) is 9.19. The van der Waals surface area contributed by atoms with Crippen LogP contribution in [0.2, 0.25) is 0 Å². The molecule has 1 atom stereocenters. The van der Waals surface area contributed by atoms with Crippen LogP contribution < -0.4 is 5.32 Å². The van der Waals surface area contributed by atoms with Crippen molar-refractivity contribution in [1.29, 1.82) is 0 Å².